The summed E-state index contributed by atoms with van der Waals surface area (Å²) in [6, 6.07) is 9.16. The van der Waals surface area contributed by atoms with Crippen LogP contribution in [0.5, 0.6) is 0 Å². The second kappa shape index (κ2) is 7.95. The van der Waals surface area contributed by atoms with Gasteiger partial charge in [-0.3, -0.25) is 4.90 Å². The van der Waals surface area contributed by atoms with Gasteiger partial charge in [-0.05, 0) is 37.6 Å². The SMILES string of the molecule is CCCN1CCN(C(CO)c2ccc(N(C)C)cc2)C(C)C1. The van der Waals surface area contributed by atoms with Crippen LogP contribution < -0.4 is 4.90 Å². The van der Waals surface area contributed by atoms with Crippen molar-refractivity contribution in [2.75, 3.05) is 51.8 Å². The van der Waals surface area contributed by atoms with E-state index in [4.69, 9.17) is 0 Å². The summed E-state index contributed by atoms with van der Waals surface area (Å²) in [6.07, 6.45) is 1.21. The minimum atomic E-state index is 0.106. The van der Waals surface area contributed by atoms with Gasteiger partial charge in [-0.2, -0.15) is 0 Å². The Balaban J connectivity index is 2.08. The van der Waals surface area contributed by atoms with E-state index in [9.17, 15) is 5.11 Å². The smallest absolute Gasteiger partial charge is 0.0628 e. The molecule has 0 saturated carbocycles. The van der Waals surface area contributed by atoms with Crippen LogP contribution in [0.15, 0.2) is 24.3 Å². The number of piperazine rings is 1. The molecule has 1 aliphatic heterocycles. The Morgan fingerprint density at radius 3 is 2.41 bits per heavy atom. The monoisotopic (exact) mass is 305 g/mol. The maximum absolute atomic E-state index is 9.93. The summed E-state index contributed by atoms with van der Waals surface area (Å²) in [6.45, 7) is 9.10. The molecule has 1 heterocycles. The van der Waals surface area contributed by atoms with Crippen LogP contribution in [0.25, 0.3) is 0 Å². The number of nitrogens with zero attached hydrogens (tertiary/aromatic N) is 3. The molecule has 4 nitrogen and oxygen atoms in total. The standard InChI is InChI=1S/C18H31N3O/c1-5-10-20-11-12-21(15(2)13-20)18(14-22)16-6-8-17(9-7-16)19(3)4/h6-9,15,18,22H,5,10-14H2,1-4H3. The zero-order valence-electron chi connectivity index (χ0n) is 14.5. The summed E-state index contributed by atoms with van der Waals surface area (Å²) >= 11 is 0. The lowest BCUT2D eigenvalue weighted by Crippen LogP contribution is -2.53. The lowest BCUT2D eigenvalue weighted by molar-refractivity contribution is 0.0253. The highest BCUT2D eigenvalue weighted by atomic mass is 16.3. The van der Waals surface area contributed by atoms with Crippen molar-refractivity contribution in [3.63, 3.8) is 0 Å². The van der Waals surface area contributed by atoms with Crippen LogP contribution in [0.2, 0.25) is 0 Å². The number of rotatable bonds is 6. The average molecular weight is 305 g/mol. The maximum Gasteiger partial charge on any atom is 0.0628 e. The normalized spacial score (nSPS) is 21.8. The molecule has 0 amide bonds. The van der Waals surface area contributed by atoms with Crippen LogP contribution in [-0.2, 0) is 0 Å². The van der Waals surface area contributed by atoms with Crippen LogP contribution in [0.3, 0.4) is 0 Å². The number of hydrogen-bond acceptors (Lipinski definition) is 4. The summed E-state index contributed by atoms with van der Waals surface area (Å²) in [7, 11) is 4.10. The largest absolute Gasteiger partial charge is 0.394 e. The van der Waals surface area contributed by atoms with E-state index in [0.29, 0.717) is 6.04 Å². The lowest BCUT2D eigenvalue weighted by atomic mass is 10.0. The van der Waals surface area contributed by atoms with Gasteiger partial charge in [0.15, 0.2) is 0 Å². The molecule has 4 heteroatoms. The Bertz CT molecular complexity index is 446. The fourth-order valence-electron chi connectivity index (χ4n) is 3.43. The van der Waals surface area contributed by atoms with E-state index in [-0.39, 0.29) is 12.6 Å². The van der Waals surface area contributed by atoms with Gasteiger partial charge in [0.2, 0.25) is 0 Å². The molecule has 1 aliphatic rings. The third kappa shape index (κ3) is 4.00. The Kier molecular flexibility index (Phi) is 6.24. The van der Waals surface area contributed by atoms with Crippen molar-refractivity contribution in [1.82, 2.24) is 9.80 Å². The fourth-order valence-corrected chi connectivity index (χ4v) is 3.43. The van der Waals surface area contributed by atoms with E-state index < -0.39 is 0 Å². The van der Waals surface area contributed by atoms with Gasteiger partial charge in [0.05, 0.1) is 12.6 Å². The highest BCUT2D eigenvalue weighted by molar-refractivity contribution is 5.46. The molecule has 1 saturated heterocycles. The van der Waals surface area contributed by atoms with Crippen LogP contribution >= 0.6 is 0 Å². The topological polar surface area (TPSA) is 30.0 Å². The summed E-state index contributed by atoms with van der Waals surface area (Å²) < 4.78 is 0. The second-order valence-electron chi connectivity index (χ2n) is 6.57. The third-order valence-electron chi connectivity index (χ3n) is 4.67. The first kappa shape index (κ1) is 17.3. The van der Waals surface area contributed by atoms with E-state index >= 15 is 0 Å². The van der Waals surface area contributed by atoms with Gasteiger partial charge >= 0.3 is 0 Å². The predicted octanol–water partition coefficient (Wildman–Crippen LogP) is 2.20. The number of hydrogen-bond donors (Lipinski definition) is 1. The lowest BCUT2D eigenvalue weighted by Gasteiger charge is -2.43. The quantitative estimate of drug-likeness (QED) is 0.873. The van der Waals surface area contributed by atoms with E-state index in [1.165, 1.54) is 24.2 Å². The van der Waals surface area contributed by atoms with Gasteiger partial charge in [0, 0.05) is 45.5 Å². The van der Waals surface area contributed by atoms with Gasteiger partial charge in [0.1, 0.15) is 0 Å². The van der Waals surface area contributed by atoms with Crippen LogP contribution in [0, 0.1) is 0 Å². The van der Waals surface area contributed by atoms with Crippen molar-refractivity contribution in [3.05, 3.63) is 29.8 Å². The minimum Gasteiger partial charge on any atom is -0.394 e. The highest BCUT2D eigenvalue weighted by Gasteiger charge is 2.29. The summed E-state index contributed by atoms with van der Waals surface area (Å²) in [5, 5.41) is 9.93. The first-order chi connectivity index (χ1) is 10.6. The summed E-state index contributed by atoms with van der Waals surface area (Å²) in [4.78, 5) is 7.09. The number of anilines is 1. The average Bonchev–Trinajstić information content (AvgIpc) is 2.51. The van der Waals surface area contributed by atoms with Crippen molar-refractivity contribution in [1.29, 1.82) is 0 Å². The van der Waals surface area contributed by atoms with Crippen LogP contribution in [0.4, 0.5) is 5.69 Å². The van der Waals surface area contributed by atoms with Gasteiger partial charge in [0.25, 0.3) is 0 Å². The van der Waals surface area contributed by atoms with Crippen molar-refractivity contribution >= 4 is 5.69 Å². The molecular formula is C18H31N3O. The Morgan fingerprint density at radius 2 is 1.91 bits per heavy atom. The van der Waals surface area contributed by atoms with E-state index in [0.717, 1.165) is 19.6 Å². The number of aliphatic hydroxyl groups is 1. The van der Waals surface area contributed by atoms with Gasteiger partial charge in [-0.1, -0.05) is 19.1 Å². The number of aliphatic hydroxyl groups excluding tert-OH is 1. The number of benzene rings is 1. The molecule has 0 aliphatic carbocycles. The van der Waals surface area contributed by atoms with Crippen LogP contribution in [0.1, 0.15) is 31.9 Å². The van der Waals surface area contributed by atoms with Crippen molar-refractivity contribution < 1.29 is 5.11 Å². The molecule has 2 unspecified atom stereocenters. The summed E-state index contributed by atoms with van der Waals surface area (Å²) in [5.41, 5.74) is 2.41. The molecule has 2 rings (SSSR count). The third-order valence-corrected chi connectivity index (χ3v) is 4.67. The van der Waals surface area contributed by atoms with Crippen molar-refractivity contribution in [2.24, 2.45) is 0 Å². The maximum atomic E-state index is 9.93. The fraction of sp³-hybridized carbons (Fsp3) is 0.667. The van der Waals surface area contributed by atoms with Gasteiger partial charge in [-0.25, -0.2) is 0 Å². The first-order valence-electron chi connectivity index (χ1n) is 8.43. The molecule has 0 spiro atoms. The predicted molar refractivity (Wildman–Crippen MR) is 93.5 cm³/mol. The molecule has 1 aromatic carbocycles. The van der Waals surface area contributed by atoms with Gasteiger partial charge < -0.3 is 14.9 Å². The molecular weight excluding hydrogens is 274 g/mol. The molecule has 0 bridgehead atoms. The molecule has 124 valence electrons. The summed E-state index contributed by atoms with van der Waals surface area (Å²) in [5.74, 6) is 0. The molecule has 1 fully saturated rings. The Labute approximate surface area is 135 Å². The molecule has 1 aromatic rings. The molecule has 0 radical (unpaired) electrons. The molecule has 0 aromatic heterocycles. The van der Waals surface area contributed by atoms with Crippen molar-refractivity contribution in [3.8, 4) is 0 Å². The molecule has 22 heavy (non-hydrogen) atoms. The Hall–Kier alpha value is -1.10. The van der Waals surface area contributed by atoms with E-state index in [1.54, 1.807) is 0 Å². The van der Waals surface area contributed by atoms with Crippen LogP contribution in [-0.4, -0.2) is 67.8 Å². The molecule has 1 N–H and O–H groups in total. The highest BCUT2D eigenvalue weighted by Crippen LogP contribution is 2.26. The van der Waals surface area contributed by atoms with E-state index in [2.05, 4.69) is 52.8 Å². The zero-order valence-corrected chi connectivity index (χ0v) is 14.5. The van der Waals surface area contributed by atoms with Gasteiger partial charge in [-0.15, -0.1) is 0 Å². The zero-order chi connectivity index (χ0) is 16.1. The Morgan fingerprint density at radius 1 is 1.23 bits per heavy atom. The van der Waals surface area contributed by atoms with Crippen molar-refractivity contribution in [2.45, 2.75) is 32.4 Å². The van der Waals surface area contributed by atoms with E-state index in [1.807, 2.05) is 14.1 Å². The first-order valence-corrected chi connectivity index (χ1v) is 8.43. The molecule has 2 atom stereocenters. The second-order valence-corrected chi connectivity index (χ2v) is 6.57. The minimum absolute atomic E-state index is 0.106.